The van der Waals surface area contributed by atoms with Crippen molar-refractivity contribution in [2.75, 3.05) is 13.1 Å². The van der Waals surface area contributed by atoms with Gasteiger partial charge in [-0.2, -0.15) is 4.31 Å². The second-order valence-electron chi connectivity index (χ2n) is 4.65. The van der Waals surface area contributed by atoms with Crippen LogP contribution in [0, 0.1) is 0 Å². The molecule has 0 spiro atoms. The highest BCUT2D eigenvalue weighted by Crippen LogP contribution is 2.34. The van der Waals surface area contributed by atoms with E-state index in [4.69, 9.17) is 4.74 Å². The fourth-order valence-electron chi connectivity index (χ4n) is 1.56. The van der Waals surface area contributed by atoms with Crippen molar-refractivity contribution in [3.8, 4) is 0 Å². The van der Waals surface area contributed by atoms with E-state index in [9.17, 15) is 8.42 Å². The van der Waals surface area contributed by atoms with Crippen molar-refractivity contribution in [3.05, 3.63) is 0 Å². The van der Waals surface area contributed by atoms with Crippen LogP contribution in [0.2, 0.25) is 0 Å². The fourth-order valence-corrected chi connectivity index (χ4v) is 3.02. The molecule has 0 aliphatic carbocycles. The summed E-state index contributed by atoms with van der Waals surface area (Å²) in [5.41, 5.74) is 0. The molecule has 2 aliphatic heterocycles. The van der Waals surface area contributed by atoms with Crippen LogP contribution in [0.3, 0.4) is 0 Å². The summed E-state index contributed by atoms with van der Waals surface area (Å²) in [6, 6.07) is 0. The lowest BCUT2D eigenvalue weighted by Crippen LogP contribution is -2.43. The molecule has 0 aromatic carbocycles. The minimum Gasteiger partial charge on any atom is -0.367 e. The molecule has 2 atom stereocenters. The second-order valence-corrected chi connectivity index (χ2v) is 7.34. The molecular weight excluding hydrogens is 190 g/mol. The molecule has 4 nitrogen and oxygen atoms in total. The monoisotopic (exact) mass is 205 g/mol. The lowest BCUT2D eigenvalue weighted by Gasteiger charge is -2.27. The summed E-state index contributed by atoms with van der Waals surface area (Å²) in [5, 5.41) is 0. The van der Waals surface area contributed by atoms with Crippen LogP contribution in [0.25, 0.3) is 0 Å². The second kappa shape index (κ2) is 2.46. The maximum Gasteiger partial charge on any atom is 0.219 e. The molecule has 0 aromatic heterocycles. The minimum absolute atomic E-state index is 0.178. The maximum absolute atomic E-state index is 11.9. The summed E-state index contributed by atoms with van der Waals surface area (Å²) in [6.45, 7) is 6.28. The molecular formula is C8H15NO3S. The zero-order chi connectivity index (χ0) is 9.85. The number of hydrogen-bond donors (Lipinski definition) is 0. The lowest BCUT2D eigenvalue weighted by atomic mass is 10.3. The van der Waals surface area contributed by atoms with Gasteiger partial charge in [0.15, 0.2) is 0 Å². The molecule has 2 unspecified atom stereocenters. The number of rotatable bonds is 1. The van der Waals surface area contributed by atoms with Gasteiger partial charge in [0.05, 0.1) is 17.0 Å². The Morgan fingerprint density at radius 2 is 1.69 bits per heavy atom. The normalized spacial score (nSPS) is 34.7. The van der Waals surface area contributed by atoms with Gasteiger partial charge < -0.3 is 4.74 Å². The van der Waals surface area contributed by atoms with Gasteiger partial charge in [0.2, 0.25) is 10.0 Å². The van der Waals surface area contributed by atoms with Gasteiger partial charge in [-0.1, -0.05) is 0 Å². The van der Waals surface area contributed by atoms with E-state index in [1.54, 1.807) is 25.1 Å². The molecule has 5 heteroatoms. The summed E-state index contributed by atoms with van der Waals surface area (Å²) in [7, 11) is -3.13. The number of epoxide rings is 1. The molecule has 0 amide bonds. The predicted molar refractivity (Wildman–Crippen MR) is 48.9 cm³/mol. The van der Waals surface area contributed by atoms with E-state index in [2.05, 4.69) is 0 Å². The van der Waals surface area contributed by atoms with Crippen LogP contribution < -0.4 is 0 Å². The molecule has 2 saturated heterocycles. The Labute approximate surface area is 78.9 Å². The summed E-state index contributed by atoms with van der Waals surface area (Å²) in [4.78, 5) is 0. The third-order valence-corrected chi connectivity index (χ3v) is 5.09. The molecule has 0 bridgehead atoms. The average molecular weight is 205 g/mol. The summed E-state index contributed by atoms with van der Waals surface area (Å²) >= 11 is 0. The molecule has 13 heavy (non-hydrogen) atoms. The third-order valence-electron chi connectivity index (χ3n) is 2.57. The molecule has 2 aliphatic rings. The van der Waals surface area contributed by atoms with Crippen molar-refractivity contribution in [2.24, 2.45) is 0 Å². The Bertz CT molecular complexity index is 307. The van der Waals surface area contributed by atoms with Gasteiger partial charge in [0, 0.05) is 13.1 Å². The zero-order valence-electron chi connectivity index (χ0n) is 8.15. The highest BCUT2D eigenvalue weighted by Gasteiger charge is 2.52. The average Bonchev–Trinajstić information content (AvgIpc) is 2.56. The number of nitrogens with zero attached hydrogens (tertiary/aromatic N) is 1. The Hall–Kier alpha value is -0.130. The van der Waals surface area contributed by atoms with Crippen LogP contribution in [-0.2, 0) is 14.8 Å². The molecule has 0 aromatic rings. The first-order valence-electron chi connectivity index (χ1n) is 4.47. The van der Waals surface area contributed by atoms with Crippen LogP contribution >= 0.6 is 0 Å². The number of hydrogen-bond acceptors (Lipinski definition) is 3. The molecule has 0 N–H and O–H groups in total. The maximum atomic E-state index is 11.9. The molecule has 2 heterocycles. The first-order valence-corrected chi connectivity index (χ1v) is 5.91. The van der Waals surface area contributed by atoms with Crippen molar-refractivity contribution in [1.82, 2.24) is 4.31 Å². The van der Waals surface area contributed by atoms with Crippen LogP contribution in [0.5, 0.6) is 0 Å². The molecule has 0 saturated carbocycles. The summed E-state index contributed by atoms with van der Waals surface area (Å²) in [5.74, 6) is 0. The van der Waals surface area contributed by atoms with Gasteiger partial charge in [-0.15, -0.1) is 0 Å². The van der Waals surface area contributed by atoms with Crippen LogP contribution in [0.4, 0.5) is 0 Å². The van der Waals surface area contributed by atoms with Crippen molar-refractivity contribution in [2.45, 2.75) is 37.7 Å². The van der Waals surface area contributed by atoms with E-state index in [0.717, 1.165) is 0 Å². The van der Waals surface area contributed by atoms with E-state index >= 15 is 0 Å². The van der Waals surface area contributed by atoms with E-state index < -0.39 is 14.8 Å². The van der Waals surface area contributed by atoms with Gasteiger partial charge in [-0.05, 0) is 20.8 Å². The smallest absolute Gasteiger partial charge is 0.219 e. The third kappa shape index (κ3) is 1.39. The van der Waals surface area contributed by atoms with Gasteiger partial charge in [0.1, 0.15) is 0 Å². The largest absolute Gasteiger partial charge is 0.367 e. The highest BCUT2D eigenvalue weighted by atomic mass is 32.2. The number of sulfonamides is 1. The quantitative estimate of drug-likeness (QED) is 0.574. The minimum atomic E-state index is -3.13. The molecule has 76 valence electrons. The topological polar surface area (TPSA) is 49.9 Å². The number of ether oxygens (including phenoxy) is 1. The van der Waals surface area contributed by atoms with Gasteiger partial charge >= 0.3 is 0 Å². The van der Waals surface area contributed by atoms with Crippen LogP contribution in [0.1, 0.15) is 20.8 Å². The fraction of sp³-hybridized carbons (Fsp3) is 1.00. The van der Waals surface area contributed by atoms with Gasteiger partial charge in [0.25, 0.3) is 0 Å². The van der Waals surface area contributed by atoms with E-state index in [1.807, 2.05) is 0 Å². The highest BCUT2D eigenvalue weighted by molar-refractivity contribution is 7.90. The van der Waals surface area contributed by atoms with Crippen molar-refractivity contribution in [3.63, 3.8) is 0 Å². The van der Waals surface area contributed by atoms with E-state index in [1.165, 1.54) is 0 Å². The molecule has 0 radical (unpaired) electrons. The van der Waals surface area contributed by atoms with Crippen molar-refractivity contribution >= 4 is 10.0 Å². The Balaban J connectivity index is 2.16. The SMILES string of the molecule is CC(C)(C)S(=O)(=O)N1CC2OC2C1. The van der Waals surface area contributed by atoms with Crippen LogP contribution in [0.15, 0.2) is 0 Å². The predicted octanol–water partition coefficient (Wildman–Crippen LogP) is 0.198. The standard InChI is InChI=1S/C8H15NO3S/c1-8(2,3)13(10,11)9-4-6-7(5-9)12-6/h6-7H,4-5H2,1-3H3. The zero-order valence-corrected chi connectivity index (χ0v) is 8.97. The van der Waals surface area contributed by atoms with Gasteiger partial charge in [-0.3, -0.25) is 0 Å². The van der Waals surface area contributed by atoms with Crippen molar-refractivity contribution in [1.29, 1.82) is 0 Å². The Morgan fingerprint density at radius 1 is 1.23 bits per heavy atom. The first kappa shape index (κ1) is 9.43. The number of morpholine rings is 1. The summed E-state index contributed by atoms with van der Waals surface area (Å²) < 4.78 is 29.8. The Kier molecular flexibility index (Phi) is 1.78. The summed E-state index contributed by atoms with van der Waals surface area (Å²) in [6.07, 6.45) is 0.356. The lowest BCUT2D eigenvalue weighted by molar-refractivity contribution is 0.269. The molecule has 2 fully saturated rings. The number of fused-ring (bicyclic) bond motifs is 1. The van der Waals surface area contributed by atoms with E-state index in [0.29, 0.717) is 13.1 Å². The Morgan fingerprint density at radius 3 is 2.08 bits per heavy atom. The molecule has 2 rings (SSSR count). The van der Waals surface area contributed by atoms with Gasteiger partial charge in [-0.25, -0.2) is 8.42 Å². The van der Waals surface area contributed by atoms with E-state index in [-0.39, 0.29) is 12.2 Å². The first-order chi connectivity index (χ1) is 5.82. The van der Waals surface area contributed by atoms with Crippen molar-refractivity contribution < 1.29 is 13.2 Å². The van der Waals surface area contributed by atoms with Crippen LogP contribution in [-0.4, -0.2) is 42.8 Å².